The van der Waals surface area contributed by atoms with Crippen LogP contribution in [0.15, 0.2) is 70.9 Å². The van der Waals surface area contributed by atoms with Gasteiger partial charge in [0.05, 0.1) is 12.1 Å². The average Bonchev–Trinajstić information content (AvgIpc) is 2.53. The summed E-state index contributed by atoms with van der Waals surface area (Å²) in [7, 11) is 0. The van der Waals surface area contributed by atoms with Gasteiger partial charge in [0, 0.05) is 12.4 Å². The molecule has 0 heterocycles. The fraction of sp³-hybridized carbons (Fsp3) is 0.125. The van der Waals surface area contributed by atoms with Crippen molar-refractivity contribution in [3.63, 3.8) is 0 Å². The van der Waals surface area contributed by atoms with Crippen molar-refractivity contribution in [2.45, 2.75) is 12.1 Å². The Balaban J connectivity index is 1.91. The van der Waals surface area contributed by atoms with E-state index in [-0.39, 0.29) is 12.1 Å². The summed E-state index contributed by atoms with van der Waals surface area (Å²) >= 11 is 0. The summed E-state index contributed by atoms with van der Waals surface area (Å²) in [5.41, 5.74) is 13.9. The quantitative estimate of drug-likeness (QED) is 0.644. The number of hydrogen-bond donors (Lipinski definition) is 2. The normalized spacial score (nSPS) is 14.7. The fourth-order valence-electron chi connectivity index (χ4n) is 1.74. The second kappa shape index (κ2) is 7.33. The number of hydrogen-bond acceptors (Lipinski definition) is 4. The molecule has 0 aliphatic heterocycles. The summed E-state index contributed by atoms with van der Waals surface area (Å²) in [5.74, 6) is 0. The lowest BCUT2D eigenvalue weighted by Gasteiger charge is -2.05. The van der Waals surface area contributed by atoms with E-state index in [0.29, 0.717) is 0 Å². The molecule has 0 radical (unpaired) electrons. The molecule has 0 fully saturated rings. The number of rotatable bonds is 5. The standard InChI is InChI=1S/C16H18N4/c17-15(13-7-3-1-4-8-13)11-19-20-12-16(18)14-9-5-2-6-10-14/h1-12,15-16H,17-18H2/b19-11+,20-12+. The van der Waals surface area contributed by atoms with Gasteiger partial charge in [0.1, 0.15) is 0 Å². The van der Waals surface area contributed by atoms with Crippen LogP contribution in [-0.2, 0) is 0 Å². The molecule has 2 atom stereocenters. The van der Waals surface area contributed by atoms with Crippen molar-refractivity contribution in [3.05, 3.63) is 71.8 Å². The Labute approximate surface area is 118 Å². The van der Waals surface area contributed by atoms with E-state index in [9.17, 15) is 0 Å². The van der Waals surface area contributed by atoms with Gasteiger partial charge in [-0.1, -0.05) is 60.7 Å². The van der Waals surface area contributed by atoms with Gasteiger partial charge in [0.25, 0.3) is 0 Å². The Bertz CT molecular complexity index is 510. The minimum absolute atomic E-state index is 0.263. The van der Waals surface area contributed by atoms with Crippen LogP contribution in [0.25, 0.3) is 0 Å². The molecule has 2 aromatic rings. The lowest BCUT2D eigenvalue weighted by Crippen LogP contribution is -2.12. The van der Waals surface area contributed by atoms with Crippen LogP contribution >= 0.6 is 0 Å². The molecular formula is C16H18N4. The Morgan fingerprint density at radius 3 is 1.35 bits per heavy atom. The van der Waals surface area contributed by atoms with Gasteiger partial charge in [-0.05, 0) is 11.1 Å². The largest absolute Gasteiger partial charge is 0.319 e. The zero-order chi connectivity index (χ0) is 14.2. The SMILES string of the molecule is NC(/C=N/N=C/C(N)c1ccccc1)c1ccccc1. The monoisotopic (exact) mass is 266 g/mol. The zero-order valence-corrected chi connectivity index (χ0v) is 11.1. The Hall–Kier alpha value is -2.30. The van der Waals surface area contributed by atoms with Gasteiger partial charge >= 0.3 is 0 Å². The highest BCUT2D eigenvalue weighted by Crippen LogP contribution is 2.08. The Morgan fingerprint density at radius 2 is 1.00 bits per heavy atom. The molecule has 0 aliphatic rings. The molecule has 102 valence electrons. The van der Waals surface area contributed by atoms with Crippen LogP contribution in [0.1, 0.15) is 23.2 Å². The molecule has 2 rings (SSSR count). The predicted molar refractivity (Wildman–Crippen MR) is 83.7 cm³/mol. The smallest absolute Gasteiger partial charge is 0.0674 e. The highest BCUT2D eigenvalue weighted by molar-refractivity contribution is 5.70. The Kier molecular flexibility index (Phi) is 5.17. The van der Waals surface area contributed by atoms with E-state index in [1.165, 1.54) is 0 Å². The third kappa shape index (κ3) is 4.12. The second-order valence-corrected chi connectivity index (χ2v) is 4.40. The number of nitrogens with zero attached hydrogens (tertiary/aromatic N) is 2. The Morgan fingerprint density at radius 1 is 0.650 bits per heavy atom. The van der Waals surface area contributed by atoms with E-state index in [2.05, 4.69) is 10.2 Å². The van der Waals surface area contributed by atoms with Crippen molar-refractivity contribution in [2.75, 3.05) is 0 Å². The fourth-order valence-corrected chi connectivity index (χ4v) is 1.74. The van der Waals surface area contributed by atoms with Crippen molar-refractivity contribution in [2.24, 2.45) is 21.7 Å². The summed E-state index contributed by atoms with van der Waals surface area (Å²) in [6.07, 6.45) is 3.20. The van der Waals surface area contributed by atoms with E-state index in [0.717, 1.165) is 11.1 Å². The molecule has 4 nitrogen and oxygen atoms in total. The molecular weight excluding hydrogens is 248 g/mol. The molecule has 2 aromatic carbocycles. The van der Waals surface area contributed by atoms with Crippen molar-refractivity contribution in [3.8, 4) is 0 Å². The van der Waals surface area contributed by atoms with Crippen LogP contribution in [0.4, 0.5) is 0 Å². The van der Waals surface area contributed by atoms with Gasteiger partial charge in [0.15, 0.2) is 0 Å². The molecule has 2 unspecified atom stereocenters. The molecule has 4 heteroatoms. The molecule has 0 amide bonds. The van der Waals surface area contributed by atoms with Crippen LogP contribution in [0.3, 0.4) is 0 Å². The third-order valence-electron chi connectivity index (χ3n) is 2.89. The van der Waals surface area contributed by atoms with Crippen LogP contribution < -0.4 is 11.5 Å². The van der Waals surface area contributed by atoms with Gasteiger partial charge in [0.2, 0.25) is 0 Å². The number of benzene rings is 2. The summed E-state index contributed by atoms with van der Waals surface area (Å²) in [4.78, 5) is 0. The first kappa shape index (κ1) is 14.1. The van der Waals surface area contributed by atoms with Crippen LogP contribution in [0.5, 0.6) is 0 Å². The van der Waals surface area contributed by atoms with E-state index >= 15 is 0 Å². The highest BCUT2D eigenvalue weighted by Gasteiger charge is 2.01. The summed E-state index contributed by atoms with van der Waals surface area (Å²) in [6, 6.07) is 19.0. The molecule has 0 bridgehead atoms. The van der Waals surface area contributed by atoms with Crippen molar-refractivity contribution in [1.82, 2.24) is 0 Å². The molecule has 0 aromatic heterocycles. The second-order valence-electron chi connectivity index (χ2n) is 4.40. The first-order chi connectivity index (χ1) is 9.77. The summed E-state index contributed by atoms with van der Waals surface area (Å²) in [6.45, 7) is 0. The molecule has 0 saturated carbocycles. The molecule has 0 aliphatic carbocycles. The maximum Gasteiger partial charge on any atom is 0.0674 e. The minimum atomic E-state index is -0.263. The van der Waals surface area contributed by atoms with E-state index < -0.39 is 0 Å². The van der Waals surface area contributed by atoms with E-state index in [1.807, 2.05) is 60.7 Å². The summed E-state index contributed by atoms with van der Waals surface area (Å²) in [5, 5.41) is 7.91. The summed E-state index contributed by atoms with van der Waals surface area (Å²) < 4.78 is 0. The molecule has 0 spiro atoms. The third-order valence-corrected chi connectivity index (χ3v) is 2.89. The highest BCUT2D eigenvalue weighted by atomic mass is 15.2. The molecule has 0 saturated heterocycles. The van der Waals surface area contributed by atoms with Crippen molar-refractivity contribution < 1.29 is 0 Å². The van der Waals surface area contributed by atoms with Crippen LogP contribution in [0, 0.1) is 0 Å². The van der Waals surface area contributed by atoms with E-state index in [1.54, 1.807) is 12.4 Å². The number of nitrogens with two attached hydrogens (primary N) is 2. The van der Waals surface area contributed by atoms with Gasteiger partial charge in [-0.2, -0.15) is 10.2 Å². The van der Waals surface area contributed by atoms with Crippen LogP contribution in [-0.4, -0.2) is 12.4 Å². The van der Waals surface area contributed by atoms with Gasteiger partial charge < -0.3 is 11.5 Å². The topological polar surface area (TPSA) is 76.8 Å². The van der Waals surface area contributed by atoms with Crippen molar-refractivity contribution >= 4 is 12.4 Å². The van der Waals surface area contributed by atoms with E-state index in [4.69, 9.17) is 11.5 Å². The minimum Gasteiger partial charge on any atom is -0.319 e. The maximum atomic E-state index is 5.97. The van der Waals surface area contributed by atoms with Gasteiger partial charge in [-0.25, -0.2) is 0 Å². The van der Waals surface area contributed by atoms with Crippen LogP contribution in [0.2, 0.25) is 0 Å². The van der Waals surface area contributed by atoms with Gasteiger partial charge in [-0.3, -0.25) is 0 Å². The molecule has 4 N–H and O–H groups in total. The molecule has 20 heavy (non-hydrogen) atoms. The lowest BCUT2D eigenvalue weighted by atomic mass is 10.1. The zero-order valence-electron chi connectivity index (χ0n) is 11.1. The lowest BCUT2D eigenvalue weighted by molar-refractivity contribution is 0.956. The first-order valence-electron chi connectivity index (χ1n) is 6.45. The average molecular weight is 266 g/mol. The van der Waals surface area contributed by atoms with Gasteiger partial charge in [-0.15, -0.1) is 0 Å². The maximum absolute atomic E-state index is 5.97. The van der Waals surface area contributed by atoms with Crippen molar-refractivity contribution in [1.29, 1.82) is 0 Å². The predicted octanol–water partition coefficient (Wildman–Crippen LogP) is 2.44. The first-order valence-corrected chi connectivity index (χ1v) is 6.45.